The predicted octanol–water partition coefficient (Wildman–Crippen LogP) is 30.4. The zero-order chi connectivity index (χ0) is 71.7. The Morgan fingerprint density at radius 2 is 0.315 bits per heavy atom. The molecule has 0 spiro atoms. The van der Waals surface area contributed by atoms with Crippen LogP contribution < -0.4 is 0 Å². The van der Waals surface area contributed by atoms with Crippen LogP contribution in [0.5, 0.6) is 0 Å². The first-order valence-electron chi connectivity index (χ1n) is 37.4. The van der Waals surface area contributed by atoms with Crippen LogP contribution >= 0.6 is 0 Å². The summed E-state index contributed by atoms with van der Waals surface area (Å²) < 4.78 is 0. The van der Waals surface area contributed by atoms with E-state index >= 15 is 0 Å². The Labute approximate surface area is 629 Å². The fourth-order valence-corrected chi connectivity index (χ4v) is 16.8. The molecule has 0 heteroatoms. The molecule has 21 rings (SSSR count). The van der Waals surface area contributed by atoms with Crippen molar-refractivity contribution in [2.75, 3.05) is 0 Å². The van der Waals surface area contributed by atoms with Crippen molar-refractivity contribution in [2.24, 2.45) is 0 Å². The molecule has 0 bridgehead atoms. The molecule has 108 heavy (non-hydrogen) atoms. The van der Waals surface area contributed by atoms with E-state index in [1.165, 1.54) is 197 Å². The van der Waals surface area contributed by atoms with Crippen LogP contribution in [0, 0.1) is 0 Å². The van der Waals surface area contributed by atoms with Crippen molar-refractivity contribution in [2.45, 2.75) is 0 Å². The van der Waals surface area contributed by atoms with E-state index in [0.29, 0.717) is 0 Å². The van der Waals surface area contributed by atoms with Gasteiger partial charge in [-0.2, -0.15) is 0 Å². The zero-order valence-electron chi connectivity index (χ0n) is 59.6. The smallest absolute Gasteiger partial charge is 0.00201 e. The molecule has 0 saturated carbocycles. The summed E-state index contributed by atoms with van der Waals surface area (Å²) in [5.74, 6) is 0. The lowest BCUT2D eigenvalue weighted by molar-refractivity contribution is 1.61. The van der Waals surface area contributed by atoms with Crippen LogP contribution in [0.4, 0.5) is 0 Å². The summed E-state index contributed by atoms with van der Waals surface area (Å²) in [6, 6.07) is 158. The lowest BCUT2D eigenvalue weighted by atomic mass is 9.83. The first-order chi connectivity index (χ1) is 53.6. The molecule has 0 nitrogen and oxygen atoms in total. The van der Waals surface area contributed by atoms with Crippen LogP contribution in [-0.2, 0) is 0 Å². The van der Waals surface area contributed by atoms with Gasteiger partial charge in [0.05, 0.1) is 0 Å². The van der Waals surface area contributed by atoms with Crippen molar-refractivity contribution in [3.05, 3.63) is 437 Å². The highest BCUT2D eigenvalue weighted by molar-refractivity contribution is 6.26. The van der Waals surface area contributed by atoms with Gasteiger partial charge < -0.3 is 0 Å². The molecule has 0 heterocycles. The molecule has 0 fully saturated rings. The molecule has 0 aromatic heterocycles. The highest BCUT2D eigenvalue weighted by atomic mass is 14.3. The lowest BCUT2D eigenvalue weighted by Gasteiger charge is -2.20. The van der Waals surface area contributed by atoms with E-state index in [4.69, 9.17) is 0 Å². The van der Waals surface area contributed by atoms with E-state index in [-0.39, 0.29) is 0 Å². The van der Waals surface area contributed by atoms with Crippen LogP contribution in [0.2, 0.25) is 0 Å². The van der Waals surface area contributed by atoms with Crippen LogP contribution in [-0.4, -0.2) is 0 Å². The number of fused-ring (bicyclic) bond motifs is 9. The number of hydrogen-bond acceptors (Lipinski definition) is 0. The molecule has 504 valence electrons. The van der Waals surface area contributed by atoms with Crippen molar-refractivity contribution >= 4 is 97.0 Å². The molecule has 0 aliphatic heterocycles. The van der Waals surface area contributed by atoms with Crippen molar-refractivity contribution in [1.29, 1.82) is 0 Å². The first kappa shape index (κ1) is 64.8. The third kappa shape index (κ3) is 12.0. The van der Waals surface area contributed by atoms with Crippen molar-refractivity contribution in [1.82, 2.24) is 0 Å². The van der Waals surface area contributed by atoms with Crippen molar-refractivity contribution < 1.29 is 0 Å². The van der Waals surface area contributed by atoms with E-state index < -0.39 is 0 Å². The van der Waals surface area contributed by atoms with E-state index in [1.54, 1.807) is 0 Å². The number of rotatable bonds is 9. The standard InChI is InChI=1S/3C36H24/c1-2-11-25(12-3-1)26-21-23-28(24-22-26)35-31-16-6-8-18-33(31)36(34-19-9-7-17-32(34)35)30-20-10-14-27-13-4-5-15-29(27)30;1-2-10-25(11-3-1)27-18-21-28(22-19-27)35-31-14-6-8-16-33(31)36(34-17-9-7-15-32(34)35)30-23-20-26-12-4-5-13-29(26)24-30;1-2-13-26(14-3-1)29-16-6-7-17-30(29)36-33-20-10-8-18-31(33)35(32-19-9-11-21-34(32)36)28-23-22-25-12-4-5-15-27(25)24-28/h3*1-24H. The monoisotopic (exact) mass is 1370 g/mol. The minimum Gasteiger partial charge on any atom is -0.0622 e. The SMILES string of the molecule is c1ccc(-c2ccc(-c3c4ccccc4c(-c4ccc5ccccc5c4)c4ccccc34)cc2)cc1.c1ccc(-c2ccc(-c3c4ccccc4c(-c4cccc5ccccc45)c4ccccc34)cc2)cc1.c1ccc(-c2ccccc2-c2c3ccccc3c(-c3ccc4ccccc4c3)c3ccccc23)cc1. The maximum Gasteiger partial charge on any atom is -0.00201 e. The third-order valence-electron chi connectivity index (χ3n) is 21.8. The number of benzene rings is 21. The molecule has 0 unspecified atom stereocenters. The zero-order valence-corrected chi connectivity index (χ0v) is 59.6. The molecule has 0 radical (unpaired) electrons. The van der Waals surface area contributed by atoms with Gasteiger partial charge >= 0.3 is 0 Å². The van der Waals surface area contributed by atoms with Crippen LogP contribution in [0.1, 0.15) is 0 Å². The Bertz CT molecular complexity index is 6750. The largest absolute Gasteiger partial charge is 0.0622 e. The summed E-state index contributed by atoms with van der Waals surface area (Å²) in [6.07, 6.45) is 0. The van der Waals surface area contributed by atoms with Gasteiger partial charge in [0, 0.05) is 0 Å². The van der Waals surface area contributed by atoms with Crippen molar-refractivity contribution in [3.63, 3.8) is 0 Å². The van der Waals surface area contributed by atoms with Gasteiger partial charge in [-0.25, -0.2) is 0 Å². The summed E-state index contributed by atoms with van der Waals surface area (Å²) >= 11 is 0. The van der Waals surface area contributed by atoms with Gasteiger partial charge in [0.2, 0.25) is 0 Å². The second kappa shape index (κ2) is 28.5. The summed E-state index contributed by atoms with van der Waals surface area (Å²) in [5.41, 5.74) is 22.8. The minimum absolute atomic E-state index is 1.24. The van der Waals surface area contributed by atoms with Gasteiger partial charge in [0.1, 0.15) is 0 Å². The summed E-state index contributed by atoms with van der Waals surface area (Å²) in [4.78, 5) is 0. The van der Waals surface area contributed by atoms with Crippen LogP contribution in [0.3, 0.4) is 0 Å². The normalized spacial score (nSPS) is 11.3. The lowest BCUT2D eigenvalue weighted by Crippen LogP contribution is -1.92. The molecule has 0 atom stereocenters. The molecular formula is C108H72. The molecule has 0 aliphatic carbocycles. The second-order valence-corrected chi connectivity index (χ2v) is 28.0. The third-order valence-corrected chi connectivity index (χ3v) is 21.8. The van der Waals surface area contributed by atoms with Gasteiger partial charge in [0.25, 0.3) is 0 Å². The summed E-state index contributed by atoms with van der Waals surface area (Å²) in [6.45, 7) is 0. The summed E-state index contributed by atoms with van der Waals surface area (Å²) in [5, 5.41) is 23.0. The molecule has 0 N–H and O–H groups in total. The molecule has 0 aliphatic rings. The Kier molecular flexibility index (Phi) is 17.1. The predicted molar refractivity (Wildman–Crippen MR) is 466 cm³/mol. The van der Waals surface area contributed by atoms with E-state index in [1.807, 2.05) is 0 Å². The van der Waals surface area contributed by atoms with E-state index in [9.17, 15) is 0 Å². The Morgan fingerprint density at radius 3 is 0.685 bits per heavy atom. The topological polar surface area (TPSA) is 0 Å². The minimum atomic E-state index is 1.24. The Morgan fingerprint density at radius 1 is 0.0926 bits per heavy atom. The highest BCUT2D eigenvalue weighted by Gasteiger charge is 2.22. The Balaban J connectivity index is 0.000000110. The molecule has 21 aromatic rings. The average Bonchev–Trinajstić information content (AvgIpc) is 0.741. The van der Waals surface area contributed by atoms with Gasteiger partial charge in [0.15, 0.2) is 0 Å². The highest BCUT2D eigenvalue weighted by Crippen LogP contribution is 2.50. The maximum absolute atomic E-state index is 2.33. The average molecular weight is 1370 g/mol. The summed E-state index contributed by atoms with van der Waals surface area (Å²) in [7, 11) is 0. The fourth-order valence-electron chi connectivity index (χ4n) is 16.8. The van der Waals surface area contributed by atoms with Gasteiger partial charge in [-0.05, 0) is 209 Å². The Hall–Kier alpha value is -14.0. The van der Waals surface area contributed by atoms with Crippen molar-refractivity contribution in [3.8, 4) is 100 Å². The number of hydrogen-bond donors (Lipinski definition) is 0. The molecule has 21 aromatic carbocycles. The van der Waals surface area contributed by atoms with Gasteiger partial charge in [-0.15, -0.1) is 0 Å². The van der Waals surface area contributed by atoms with E-state index in [2.05, 4.69) is 437 Å². The fraction of sp³-hybridized carbons (Fsp3) is 0. The van der Waals surface area contributed by atoms with E-state index in [0.717, 1.165) is 0 Å². The van der Waals surface area contributed by atoms with Crippen LogP contribution in [0.15, 0.2) is 437 Å². The molecule has 0 saturated heterocycles. The maximum atomic E-state index is 2.33. The second-order valence-electron chi connectivity index (χ2n) is 28.0. The van der Waals surface area contributed by atoms with Gasteiger partial charge in [-0.1, -0.05) is 425 Å². The first-order valence-corrected chi connectivity index (χ1v) is 37.4. The van der Waals surface area contributed by atoms with Gasteiger partial charge in [-0.3, -0.25) is 0 Å². The van der Waals surface area contributed by atoms with Crippen LogP contribution in [0.25, 0.3) is 197 Å². The molecule has 0 amide bonds. The quantitative estimate of drug-likeness (QED) is 0.126. The molecular weight excluding hydrogens is 1300 g/mol.